The van der Waals surface area contributed by atoms with Gasteiger partial charge in [0.2, 0.25) is 11.8 Å². The first-order valence-electron chi connectivity index (χ1n) is 12.0. The summed E-state index contributed by atoms with van der Waals surface area (Å²) in [5.74, 6) is -12.2. The molecule has 0 spiro atoms. The van der Waals surface area contributed by atoms with E-state index in [0.29, 0.717) is 0 Å². The molecule has 2 rings (SSSR count). The molecule has 0 unspecified atom stereocenters. The number of halogens is 8. The van der Waals surface area contributed by atoms with E-state index in [-0.39, 0.29) is 35.3 Å². The molecule has 0 saturated heterocycles. The monoisotopic (exact) mass is 680 g/mol. The minimum absolute atomic E-state index is 0. The summed E-state index contributed by atoms with van der Waals surface area (Å²) < 4.78 is 90.2. The van der Waals surface area contributed by atoms with E-state index in [1.54, 1.807) is 0 Å². The van der Waals surface area contributed by atoms with Crippen LogP contribution in [0.3, 0.4) is 0 Å². The van der Waals surface area contributed by atoms with Crippen molar-refractivity contribution >= 4 is 34.8 Å². The fourth-order valence-corrected chi connectivity index (χ4v) is 8.75. The third-order valence-corrected chi connectivity index (χ3v) is 12.5. The Bertz CT molecular complexity index is 753. The van der Waals surface area contributed by atoms with E-state index in [4.69, 9.17) is 0 Å². The summed E-state index contributed by atoms with van der Waals surface area (Å²) in [6, 6.07) is 8.97. The SMILES string of the molecule is CC(C)P(CN1[B]N(CP(C(C)C)C(C)C)c2ccccc21)C(C)C.F[C-](F)C(F)(F)C(F)(F)[C-](F)F.[Rh+2]. The minimum Gasteiger partial charge on any atom is -0.415 e. The molecule has 0 amide bonds. The normalized spacial score (nSPS) is 14.2. The zero-order valence-corrected chi connectivity index (χ0v) is 26.2. The maximum atomic E-state index is 11.5. The first-order chi connectivity index (χ1) is 16.9. The number of hydrogen-bond acceptors (Lipinski definition) is 2. The van der Waals surface area contributed by atoms with Gasteiger partial charge in [-0.2, -0.15) is 0 Å². The maximum Gasteiger partial charge on any atom is 2.00 e. The molecule has 1 aromatic rings. The van der Waals surface area contributed by atoms with E-state index in [9.17, 15) is 35.1 Å². The van der Waals surface area contributed by atoms with Crippen LogP contribution in [-0.4, -0.2) is 54.6 Å². The molecule has 0 aromatic heterocycles. The molecule has 0 saturated carbocycles. The van der Waals surface area contributed by atoms with Gasteiger partial charge in [0.05, 0.1) is 12.9 Å². The van der Waals surface area contributed by atoms with Crippen molar-refractivity contribution in [1.29, 1.82) is 0 Å². The number of benzene rings is 1. The van der Waals surface area contributed by atoms with Gasteiger partial charge >= 0.3 is 27.0 Å². The largest absolute Gasteiger partial charge is 2.00 e. The van der Waals surface area contributed by atoms with Crippen molar-refractivity contribution in [2.75, 3.05) is 22.2 Å². The predicted octanol–water partition coefficient (Wildman–Crippen LogP) is 9.47. The van der Waals surface area contributed by atoms with E-state index in [1.807, 2.05) is 0 Å². The van der Waals surface area contributed by atoms with E-state index in [1.165, 1.54) is 23.9 Å². The van der Waals surface area contributed by atoms with Gasteiger partial charge in [-0.3, -0.25) is 0 Å². The molecule has 1 aliphatic rings. The summed E-state index contributed by atoms with van der Waals surface area (Å²) in [6.45, 7) is 19.1. The minimum atomic E-state index is -6.12. The Morgan fingerprint density at radius 1 is 0.658 bits per heavy atom. The van der Waals surface area contributed by atoms with Gasteiger partial charge in [0.15, 0.2) is 0 Å². The maximum absolute atomic E-state index is 11.5. The average molecular weight is 680 g/mol. The van der Waals surface area contributed by atoms with Crippen LogP contribution in [0.25, 0.3) is 0 Å². The van der Waals surface area contributed by atoms with Gasteiger partial charge in [-0.15, -0.1) is 0 Å². The topological polar surface area (TPSA) is 6.48 Å². The quantitative estimate of drug-likeness (QED) is 0.0995. The molecule has 1 heterocycles. The van der Waals surface area contributed by atoms with Crippen molar-refractivity contribution < 1.29 is 54.6 Å². The number of para-hydroxylation sites is 2. The molecule has 0 bridgehead atoms. The molecule has 1 aliphatic heterocycles. The molecule has 1 aromatic carbocycles. The van der Waals surface area contributed by atoms with Gasteiger partial charge in [-0.25, -0.2) is 17.6 Å². The van der Waals surface area contributed by atoms with E-state index in [2.05, 4.69) is 96.8 Å². The Morgan fingerprint density at radius 2 is 0.921 bits per heavy atom. The van der Waals surface area contributed by atoms with Crippen LogP contribution in [0.2, 0.25) is 0 Å². The van der Waals surface area contributed by atoms with Crippen molar-refractivity contribution in [2.45, 2.75) is 89.9 Å². The number of fused-ring (bicyclic) bond motifs is 1. The Balaban J connectivity index is 0.000000897. The summed E-state index contributed by atoms with van der Waals surface area (Å²) in [5, 5.41) is 0. The molecule has 0 N–H and O–H groups in total. The van der Waals surface area contributed by atoms with Crippen LogP contribution in [0, 0.1) is 12.9 Å². The third kappa shape index (κ3) is 9.44. The summed E-state index contributed by atoms with van der Waals surface area (Å²) in [6.07, 6.45) is -5.75. The van der Waals surface area contributed by atoms with Crippen molar-refractivity contribution in [2.24, 2.45) is 0 Å². The second-order valence-corrected chi connectivity index (χ2v) is 16.7. The van der Waals surface area contributed by atoms with Gasteiger partial charge in [-0.1, -0.05) is 83.4 Å². The molecular formula is C24H36BF8N2P2Rh. The second-order valence-electron chi connectivity index (χ2n) is 9.90. The standard InChI is InChI=1S/C20H36BN2P2.C4F8.Rh/c1-15(2)24(16(3)4)13-22-19-11-9-10-12-20(19)23(21-22)14-25(17(5)6)18(7)8;5-1(6)3(9,10)4(11,12)2(7)8;/h9-12,15-18H,13-14H2,1-8H3;;/q;-2;+2. The van der Waals surface area contributed by atoms with Gasteiger partial charge in [0, 0.05) is 23.9 Å². The van der Waals surface area contributed by atoms with E-state index in [0.717, 1.165) is 22.6 Å². The number of rotatable bonds is 11. The van der Waals surface area contributed by atoms with Crippen LogP contribution >= 0.6 is 15.8 Å². The second kappa shape index (κ2) is 15.7. The molecular weight excluding hydrogens is 644 g/mol. The van der Waals surface area contributed by atoms with E-state index >= 15 is 0 Å². The summed E-state index contributed by atoms with van der Waals surface area (Å²) in [4.78, 5) is 5.07. The first kappa shape index (κ1) is 37.8. The van der Waals surface area contributed by atoms with Gasteiger partial charge < -0.3 is 27.2 Å². The molecule has 0 atom stereocenters. The van der Waals surface area contributed by atoms with Crippen LogP contribution in [0.1, 0.15) is 55.4 Å². The average Bonchev–Trinajstić information content (AvgIpc) is 3.12. The van der Waals surface area contributed by atoms with Crippen LogP contribution in [0.4, 0.5) is 46.5 Å². The van der Waals surface area contributed by atoms with Crippen LogP contribution in [0.15, 0.2) is 24.3 Å². The van der Waals surface area contributed by atoms with Crippen molar-refractivity contribution in [1.82, 2.24) is 0 Å². The summed E-state index contributed by atoms with van der Waals surface area (Å²) >= 11 is 0. The number of hydrogen-bond donors (Lipinski definition) is 0. The molecule has 0 aliphatic carbocycles. The molecule has 14 heteroatoms. The van der Waals surface area contributed by atoms with Crippen molar-refractivity contribution in [3.8, 4) is 0 Å². The molecule has 0 fully saturated rings. The van der Waals surface area contributed by atoms with Crippen molar-refractivity contribution in [3.05, 3.63) is 37.1 Å². The zero-order valence-electron chi connectivity index (χ0n) is 22.8. The molecule has 38 heavy (non-hydrogen) atoms. The Labute approximate surface area is 238 Å². The van der Waals surface area contributed by atoms with Crippen LogP contribution in [0.5, 0.6) is 0 Å². The molecule has 220 valence electrons. The smallest absolute Gasteiger partial charge is 0.415 e. The first-order valence-corrected chi connectivity index (χ1v) is 15.3. The summed E-state index contributed by atoms with van der Waals surface area (Å²) in [5.41, 5.74) is 5.89. The third-order valence-electron chi connectivity index (χ3n) is 5.93. The number of nitrogens with zero attached hydrogens (tertiary/aromatic N) is 2. The van der Waals surface area contributed by atoms with Gasteiger partial charge in [0.25, 0.3) is 0 Å². The number of alkyl halides is 4. The van der Waals surface area contributed by atoms with Crippen LogP contribution in [-0.2, 0) is 19.5 Å². The van der Waals surface area contributed by atoms with E-state index < -0.39 is 24.7 Å². The Kier molecular flexibility index (Phi) is 15.6. The van der Waals surface area contributed by atoms with Gasteiger partial charge in [-0.05, 0) is 34.8 Å². The fraction of sp³-hybridized carbons (Fsp3) is 0.667. The Morgan fingerprint density at radius 3 is 1.13 bits per heavy atom. The zero-order chi connectivity index (χ0) is 28.9. The van der Waals surface area contributed by atoms with Crippen molar-refractivity contribution in [3.63, 3.8) is 0 Å². The Hall–Kier alpha value is -0.192. The predicted molar refractivity (Wildman–Crippen MR) is 142 cm³/mol. The van der Waals surface area contributed by atoms with Crippen LogP contribution < -0.4 is 9.62 Å². The van der Waals surface area contributed by atoms with Gasteiger partial charge in [0.1, 0.15) is 0 Å². The fourth-order valence-electron chi connectivity index (χ4n) is 3.90. The summed E-state index contributed by atoms with van der Waals surface area (Å²) in [7, 11) is 2.40. The molecule has 2 nitrogen and oxygen atoms in total. The molecule has 2 radical (unpaired) electrons. The number of anilines is 2.